The van der Waals surface area contributed by atoms with Crippen LogP contribution in [0.2, 0.25) is 0 Å². The highest BCUT2D eigenvalue weighted by atomic mass is 16.3. The lowest BCUT2D eigenvalue weighted by Gasteiger charge is -2.32. The van der Waals surface area contributed by atoms with Crippen molar-refractivity contribution in [3.05, 3.63) is 54.2 Å². The van der Waals surface area contributed by atoms with Crippen LogP contribution in [0.3, 0.4) is 0 Å². The van der Waals surface area contributed by atoms with E-state index in [4.69, 9.17) is 9.40 Å². The number of aromatic nitrogens is 2. The molecule has 1 aliphatic heterocycles. The Morgan fingerprint density at radius 1 is 1.24 bits per heavy atom. The van der Waals surface area contributed by atoms with E-state index in [9.17, 15) is 4.79 Å². The topological polar surface area (TPSA) is 51.3 Å². The maximum Gasteiger partial charge on any atom is 0.289 e. The van der Waals surface area contributed by atoms with Crippen LogP contribution >= 0.6 is 0 Å². The molecule has 0 saturated carbocycles. The molecule has 0 radical (unpaired) electrons. The summed E-state index contributed by atoms with van der Waals surface area (Å²) in [5, 5.41) is 0. The Hall–Kier alpha value is -2.56. The number of benzene rings is 1. The molecule has 1 amide bonds. The van der Waals surface area contributed by atoms with Crippen molar-refractivity contribution in [2.75, 3.05) is 13.1 Å². The first kappa shape index (κ1) is 15.9. The summed E-state index contributed by atoms with van der Waals surface area (Å²) < 4.78 is 7.61. The SMILES string of the molecule is CC(C)n1c([C@H]2CCCN(C(=O)c3ccco3)C2)nc2ccccc21. The molecule has 3 heterocycles. The number of imidazole rings is 1. The van der Waals surface area contributed by atoms with Gasteiger partial charge in [0, 0.05) is 25.0 Å². The smallest absolute Gasteiger partial charge is 0.289 e. The van der Waals surface area contributed by atoms with E-state index in [1.165, 1.54) is 5.52 Å². The van der Waals surface area contributed by atoms with Crippen molar-refractivity contribution in [1.29, 1.82) is 0 Å². The molecule has 5 heteroatoms. The zero-order valence-electron chi connectivity index (χ0n) is 14.7. The van der Waals surface area contributed by atoms with Crippen molar-refractivity contribution in [2.24, 2.45) is 0 Å². The molecule has 130 valence electrons. The van der Waals surface area contributed by atoms with Crippen molar-refractivity contribution < 1.29 is 9.21 Å². The molecule has 0 bridgehead atoms. The maximum atomic E-state index is 12.6. The summed E-state index contributed by atoms with van der Waals surface area (Å²) in [6, 6.07) is 12.1. The van der Waals surface area contributed by atoms with Gasteiger partial charge in [0.2, 0.25) is 0 Å². The van der Waals surface area contributed by atoms with Crippen LogP contribution in [0, 0.1) is 0 Å². The average Bonchev–Trinajstić information content (AvgIpc) is 3.28. The van der Waals surface area contributed by atoms with Gasteiger partial charge in [-0.3, -0.25) is 4.79 Å². The van der Waals surface area contributed by atoms with Crippen molar-refractivity contribution >= 4 is 16.9 Å². The first-order valence-electron chi connectivity index (χ1n) is 8.95. The Kier molecular flexibility index (Phi) is 4.07. The number of para-hydroxylation sites is 2. The number of fused-ring (bicyclic) bond motifs is 1. The third kappa shape index (κ3) is 2.84. The molecular weight excluding hydrogens is 314 g/mol. The van der Waals surface area contributed by atoms with Crippen molar-refractivity contribution in [1.82, 2.24) is 14.5 Å². The molecule has 1 atom stereocenters. The molecule has 3 aromatic rings. The van der Waals surface area contributed by atoms with Crippen LogP contribution in [0.1, 0.15) is 55.0 Å². The van der Waals surface area contributed by atoms with E-state index in [1.54, 1.807) is 18.4 Å². The van der Waals surface area contributed by atoms with E-state index < -0.39 is 0 Å². The Morgan fingerprint density at radius 3 is 2.84 bits per heavy atom. The molecule has 1 saturated heterocycles. The van der Waals surface area contributed by atoms with E-state index in [0.29, 0.717) is 18.3 Å². The van der Waals surface area contributed by atoms with Crippen molar-refractivity contribution in [3.63, 3.8) is 0 Å². The van der Waals surface area contributed by atoms with Gasteiger partial charge in [0.05, 0.1) is 17.3 Å². The predicted octanol–water partition coefficient (Wildman–Crippen LogP) is 4.23. The number of likely N-dealkylation sites (tertiary alicyclic amines) is 1. The Balaban J connectivity index is 1.66. The second-order valence-corrected chi connectivity index (χ2v) is 6.99. The van der Waals surface area contributed by atoms with Gasteiger partial charge in [-0.25, -0.2) is 4.98 Å². The standard InChI is InChI=1S/C20H23N3O2/c1-14(2)23-17-9-4-3-8-16(17)21-19(23)15-7-5-11-22(13-15)20(24)18-10-6-12-25-18/h3-4,6,8-10,12,14-15H,5,7,11,13H2,1-2H3/t15-/m0/s1. The van der Waals surface area contributed by atoms with E-state index in [2.05, 4.69) is 36.6 Å². The third-order valence-corrected chi connectivity index (χ3v) is 4.95. The van der Waals surface area contributed by atoms with Crippen LogP contribution in [0.5, 0.6) is 0 Å². The lowest BCUT2D eigenvalue weighted by molar-refractivity contribution is 0.0671. The highest BCUT2D eigenvalue weighted by Crippen LogP contribution is 2.32. The molecule has 4 rings (SSSR count). The minimum absolute atomic E-state index is 0.0260. The second kappa shape index (κ2) is 6.39. The fourth-order valence-electron chi connectivity index (χ4n) is 3.82. The molecule has 2 aromatic heterocycles. The summed E-state index contributed by atoms with van der Waals surface area (Å²) in [6.45, 7) is 5.84. The molecule has 0 N–H and O–H groups in total. The minimum Gasteiger partial charge on any atom is -0.459 e. The number of rotatable bonds is 3. The molecule has 5 nitrogen and oxygen atoms in total. The van der Waals surface area contributed by atoms with Gasteiger partial charge < -0.3 is 13.9 Å². The number of furan rings is 1. The van der Waals surface area contributed by atoms with Gasteiger partial charge in [-0.2, -0.15) is 0 Å². The van der Waals surface area contributed by atoms with E-state index in [1.807, 2.05) is 11.0 Å². The molecule has 1 aliphatic rings. The van der Waals surface area contributed by atoms with Crippen LogP contribution in [0.15, 0.2) is 47.1 Å². The summed E-state index contributed by atoms with van der Waals surface area (Å²) in [5.74, 6) is 1.73. The summed E-state index contributed by atoms with van der Waals surface area (Å²) >= 11 is 0. The van der Waals surface area contributed by atoms with E-state index >= 15 is 0 Å². The monoisotopic (exact) mass is 337 g/mol. The quantitative estimate of drug-likeness (QED) is 0.718. The fourth-order valence-corrected chi connectivity index (χ4v) is 3.82. The van der Waals surface area contributed by atoms with Gasteiger partial charge in [0.25, 0.3) is 5.91 Å². The Bertz CT molecular complexity index is 880. The van der Waals surface area contributed by atoms with Gasteiger partial charge in [0.1, 0.15) is 5.82 Å². The number of piperidine rings is 1. The average molecular weight is 337 g/mol. The number of carbonyl (C=O) groups is 1. The predicted molar refractivity (Wildman–Crippen MR) is 96.7 cm³/mol. The van der Waals surface area contributed by atoms with E-state index in [-0.39, 0.29) is 11.8 Å². The van der Waals surface area contributed by atoms with Crippen LogP contribution < -0.4 is 0 Å². The van der Waals surface area contributed by atoms with Crippen molar-refractivity contribution in [2.45, 2.75) is 38.6 Å². The summed E-state index contributed by atoms with van der Waals surface area (Å²) in [6.07, 6.45) is 3.59. The summed E-state index contributed by atoms with van der Waals surface area (Å²) in [7, 11) is 0. The Morgan fingerprint density at radius 2 is 2.08 bits per heavy atom. The first-order valence-corrected chi connectivity index (χ1v) is 8.95. The molecule has 1 aromatic carbocycles. The maximum absolute atomic E-state index is 12.6. The van der Waals surface area contributed by atoms with Gasteiger partial charge in [-0.05, 0) is 51.0 Å². The highest BCUT2D eigenvalue weighted by Gasteiger charge is 2.30. The summed E-state index contributed by atoms with van der Waals surface area (Å²) in [5.41, 5.74) is 2.20. The number of hydrogen-bond donors (Lipinski definition) is 0. The Labute approximate surface area is 147 Å². The van der Waals surface area contributed by atoms with Crippen LogP contribution in [-0.4, -0.2) is 33.4 Å². The number of hydrogen-bond acceptors (Lipinski definition) is 3. The molecule has 0 aliphatic carbocycles. The molecule has 0 spiro atoms. The largest absolute Gasteiger partial charge is 0.459 e. The van der Waals surface area contributed by atoms with Crippen molar-refractivity contribution in [3.8, 4) is 0 Å². The number of nitrogens with zero attached hydrogens (tertiary/aromatic N) is 3. The highest BCUT2D eigenvalue weighted by molar-refractivity contribution is 5.91. The van der Waals surface area contributed by atoms with Crippen LogP contribution in [0.4, 0.5) is 0 Å². The molecule has 25 heavy (non-hydrogen) atoms. The zero-order valence-corrected chi connectivity index (χ0v) is 14.7. The van der Waals surface area contributed by atoms with Gasteiger partial charge >= 0.3 is 0 Å². The molecule has 0 unspecified atom stereocenters. The third-order valence-electron chi connectivity index (χ3n) is 4.95. The van der Waals surface area contributed by atoms with Gasteiger partial charge in [-0.15, -0.1) is 0 Å². The normalized spacial score (nSPS) is 18.2. The first-order chi connectivity index (χ1) is 12.1. The molecule has 1 fully saturated rings. The fraction of sp³-hybridized carbons (Fsp3) is 0.400. The van der Waals surface area contributed by atoms with Gasteiger partial charge in [-0.1, -0.05) is 12.1 Å². The molecular formula is C20H23N3O2. The number of carbonyl (C=O) groups excluding carboxylic acids is 1. The second-order valence-electron chi connectivity index (χ2n) is 6.99. The van der Waals surface area contributed by atoms with Gasteiger partial charge in [0.15, 0.2) is 5.76 Å². The van der Waals surface area contributed by atoms with E-state index in [0.717, 1.165) is 30.7 Å². The number of amides is 1. The minimum atomic E-state index is -0.0260. The lowest BCUT2D eigenvalue weighted by Crippen LogP contribution is -2.39. The summed E-state index contributed by atoms with van der Waals surface area (Å²) in [4.78, 5) is 19.4. The lowest BCUT2D eigenvalue weighted by atomic mass is 9.96. The van der Waals surface area contributed by atoms with Crippen LogP contribution in [0.25, 0.3) is 11.0 Å². The zero-order chi connectivity index (χ0) is 17.4. The van der Waals surface area contributed by atoms with Crippen LogP contribution in [-0.2, 0) is 0 Å².